The normalized spacial score (nSPS) is 11.9. The van der Waals surface area contributed by atoms with Gasteiger partial charge in [-0.3, -0.25) is 9.59 Å². The van der Waals surface area contributed by atoms with Gasteiger partial charge in [0.15, 0.2) is 0 Å². The Hall–Kier alpha value is -1.55. The molecule has 0 aliphatic rings. The zero-order valence-corrected chi connectivity index (χ0v) is 12.6. The van der Waals surface area contributed by atoms with E-state index in [1.807, 2.05) is 31.2 Å². The van der Waals surface area contributed by atoms with E-state index in [1.54, 1.807) is 6.92 Å². The minimum Gasteiger partial charge on any atom is -0.480 e. The summed E-state index contributed by atoms with van der Waals surface area (Å²) in [7, 11) is 0. The van der Waals surface area contributed by atoms with Crippen molar-refractivity contribution in [2.24, 2.45) is 5.92 Å². The summed E-state index contributed by atoms with van der Waals surface area (Å²) in [5, 5.41) is 9.44. The number of likely N-dealkylation sites (N-methyl/N-ethyl adjacent to an activating group) is 1. The summed E-state index contributed by atoms with van der Waals surface area (Å²) >= 11 is 5.82. The number of carbonyl (C=O) groups is 2. The lowest BCUT2D eigenvalue weighted by Gasteiger charge is -2.20. The predicted molar refractivity (Wildman–Crippen MR) is 78.8 cm³/mol. The SMILES string of the molecule is CCN(CC(=O)O)C(=O)CC(C)Cc1ccc(Cl)cc1. The Kier molecular flexibility index (Phi) is 6.52. The van der Waals surface area contributed by atoms with Crippen molar-refractivity contribution in [3.8, 4) is 0 Å². The summed E-state index contributed by atoms with van der Waals surface area (Å²) < 4.78 is 0. The van der Waals surface area contributed by atoms with Crippen molar-refractivity contribution in [1.82, 2.24) is 4.90 Å². The molecule has 0 radical (unpaired) electrons. The molecule has 20 heavy (non-hydrogen) atoms. The minimum atomic E-state index is -0.981. The van der Waals surface area contributed by atoms with E-state index in [0.29, 0.717) is 18.0 Å². The van der Waals surface area contributed by atoms with Gasteiger partial charge in [-0.1, -0.05) is 30.7 Å². The number of aliphatic carboxylic acids is 1. The molecule has 1 N–H and O–H groups in total. The molecule has 1 rings (SSSR count). The number of hydrogen-bond donors (Lipinski definition) is 1. The first-order chi connectivity index (χ1) is 9.42. The van der Waals surface area contributed by atoms with Crippen LogP contribution >= 0.6 is 11.6 Å². The quantitative estimate of drug-likeness (QED) is 0.842. The second-order valence-corrected chi connectivity index (χ2v) is 5.38. The number of rotatable bonds is 7. The number of amides is 1. The van der Waals surface area contributed by atoms with Gasteiger partial charge < -0.3 is 10.0 Å². The molecule has 0 spiro atoms. The van der Waals surface area contributed by atoms with Crippen LogP contribution in [0.15, 0.2) is 24.3 Å². The summed E-state index contributed by atoms with van der Waals surface area (Å²) in [4.78, 5) is 24.0. The maximum Gasteiger partial charge on any atom is 0.323 e. The number of hydrogen-bond acceptors (Lipinski definition) is 2. The standard InChI is InChI=1S/C15H20ClNO3/c1-3-17(10-15(19)20)14(18)9-11(2)8-12-4-6-13(16)7-5-12/h4-7,11H,3,8-10H2,1-2H3,(H,19,20). The largest absolute Gasteiger partial charge is 0.480 e. The van der Waals surface area contributed by atoms with Crippen molar-refractivity contribution in [2.45, 2.75) is 26.7 Å². The van der Waals surface area contributed by atoms with E-state index in [2.05, 4.69) is 0 Å². The van der Waals surface area contributed by atoms with Crippen molar-refractivity contribution < 1.29 is 14.7 Å². The Balaban J connectivity index is 2.52. The van der Waals surface area contributed by atoms with Crippen molar-refractivity contribution >= 4 is 23.5 Å². The molecule has 0 aliphatic heterocycles. The second-order valence-electron chi connectivity index (χ2n) is 4.94. The lowest BCUT2D eigenvalue weighted by atomic mass is 9.97. The van der Waals surface area contributed by atoms with Crippen LogP contribution in [-0.4, -0.2) is 35.0 Å². The molecule has 4 nitrogen and oxygen atoms in total. The average molecular weight is 298 g/mol. The maximum atomic E-state index is 12.0. The van der Waals surface area contributed by atoms with Gasteiger partial charge in [0.25, 0.3) is 0 Å². The van der Waals surface area contributed by atoms with Gasteiger partial charge in [-0.05, 0) is 37.0 Å². The first-order valence-electron chi connectivity index (χ1n) is 6.66. The zero-order valence-electron chi connectivity index (χ0n) is 11.8. The van der Waals surface area contributed by atoms with Gasteiger partial charge in [-0.15, -0.1) is 0 Å². The van der Waals surface area contributed by atoms with E-state index >= 15 is 0 Å². The third-order valence-electron chi connectivity index (χ3n) is 3.08. The molecular weight excluding hydrogens is 278 g/mol. The highest BCUT2D eigenvalue weighted by atomic mass is 35.5. The second kappa shape index (κ2) is 7.90. The maximum absolute atomic E-state index is 12.0. The molecule has 0 aliphatic carbocycles. The molecule has 0 saturated carbocycles. The molecular formula is C15H20ClNO3. The van der Waals surface area contributed by atoms with Gasteiger partial charge in [0.1, 0.15) is 6.54 Å². The topological polar surface area (TPSA) is 57.6 Å². The molecule has 0 bridgehead atoms. The van der Waals surface area contributed by atoms with Gasteiger partial charge in [-0.2, -0.15) is 0 Å². The van der Waals surface area contributed by atoms with E-state index in [1.165, 1.54) is 4.90 Å². The summed E-state index contributed by atoms with van der Waals surface area (Å²) in [5.74, 6) is -0.937. The van der Waals surface area contributed by atoms with Crippen molar-refractivity contribution in [3.63, 3.8) is 0 Å². The lowest BCUT2D eigenvalue weighted by molar-refractivity contribution is -0.144. The zero-order chi connectivity index (χ0) is 15.1. The Labute approximate surface area is 124 Å². The van der Waals surface area contributed by atoms with Crippen LogP contribution in [0.5, 0.6) is 0 Å². The predicted octanol–water partition coefficient (Wildman–Crippen LogP) is 2.84. The van der Waals surface area contributed by atoms with Crippen LogP contribution in [0.4, 0.5) is 0 Å². The van der Waals surface area contributed by atoms with Crippen LogP contribution in [0.25, 0.3) is 0 Å². The third-order valence-corrected chi connectivity index (χ3v) is 3.33. The molecule has 1 unspecified atom stereocenters. The molecule has 110 valence electrons. The van der Waals surface area contributed by atoms with E-state index in [0.717, 1.165) is 12.0 Å². The molecule has 1 atom stereocenters. The summed E-state index contributed by atoms with van der Waals surface area (Å²) in [6, 6.07) is 7.54. The van der Waals surface area contributed by atoms with Crippen LogP contribution in [0.3, 0.4) is 0 Å². The van der Waals surface area contributed by atoms with Gasteiger partial charge in [-0.25, -0.2) is 0 Å². The van der Waals surface area contributed by atoms with Gasteiger partial charge in [0.05, 0.1) is 0 Å². The number of carboxylic acid groups (broad SMARTS) is 1. The van der Waals surface area contributed by atoms with Gasteiger partial charge >= 0.3 is 5.97 Å². The summed E-state index contributed by atoms with van der Waals surface area (Å²) in [6.45, 7) is 3.95. The smallest absolute Gasteiger partial charge is 0.323 e. The fraction of sp³-hybridized carbons (Fsp3) is 0.467. The Morgan fingerprint density at radius 3 is 2.40 bits per heavy atom. The minimum absolute atomic E-state index is 0.114. The fourth-order valence-electron chi connectivity index (χ4n) is 2.06. The number of halogens is 1. The van der Waals surface area contributed by atoms with Gasteiger partial charge in [0.2, 0.25) is 5.91 Å². The number of benzene rings is 1. The van der Waals surface area contributed by atoms with Crippen LogP contribution in [-0.2, 0) is 16.0 Å². The van der Waals surface area contributed by atoms with Crippen LogP contribution in [0, 0.1) is 5.92 Å². The molecule has 1 aromatic rings. The lowest BCUT2D eigenvalue weighted by Crippen LogP contribution is -2.36. The summed E-state index contributed by atoms with van der Waals surface area (Å²) in [5.41, 5.74) is 1.12. The molecule has 0 fully saturated rings. The highest BCUT2D eigenvalue weighted by molar-refractivity contribution is 6.30. The monoisotopic (exact) mass is 297 g/mol. The molecule has 5 heteroatoms. The molecule has 0 saturated heterocycles. The highest BCUT2D eigenvalue weighted by Gasteiger charge is 2.17. The van der Waals surface area contributed by atoms with Crippen LogP contribution < -0.4 is 0 Å². The van der Waals surface area contributed by atoms with Crippen molar-refractivity contribution in [3.05, 3.63) is 34.9 Å². The summed E-state index contributed by atoms with van der Waals surface area (Å²) in [6.07, 6.45) is 1.12. The first-order valence-corrected chi connectivity index (χ1v) is 7.04. The fourth-order valence-corrected chi connectivity index (χ4v) is 2.19. The van der Waals surface area contributed by atoms with Crippen molar-refractivity contribution in [2.75, 3.05) is 13.1 Å². The first kappa shape index (κ1) is 16.5. The Morgan fingerprint density at radius 2 is 1.90 bits per heavy atom. The number of carboxylic acids is 1. The molecule has 0 aromatic heterocycles. The van der Waals surface area contributed by atoms with E-state index in [-0.39, 0.29) is 18.4 Å². The Morgan fingerprint density at radius 1 is 1.30 bits per heavy atom. The third kappa shape index (κ3) is 5.61. The number of nitrogens with zero attached hydrogens (tertiary/aromatic N) is 1. The Bertz CT molecular complexity index is 459. The average Bonchev–Trinajstić information content (AvgIpc) is 2.38. The molecule has 1 amide bonds. The van der Waals surface area contributed by atoms with Crippen LogP contribution in [0.2, 0.25) is 5.02 Å². The van der Waals surface area contributed by atoms with E-state index in [4.69, 9.17) is 16.7 Å². The molecule has 1 aromatic carbocycles. The van der Waals surface area contributed by atoms with Gasteiger partial charge in [0, 0.05) is 18.0 Å². The van der Waals surface area contributed by atoms with E-state index in [9.17, 15) is 9.59 Å². The van der Waals surface area contributed by atoms with Crippen LogP contribution in [0.1, 0.15) is 25.8 Å². The van der Waals surface area contributed by atoms with Crippen molar-refractivity contribution in [1.29, 1.82) is 0 Å². The molecule has 0 heterocycles. The van der Waals surface area contributed by atoms with E-state index < -0.39 is 5.97 Å². The number of carbonyl (C=O) groups excluding carboxylic acids is 1. The highest BCUT2D eigenvalue weighted by Crippen LogP contribution is 2.16.